The number of ether oxygens (including phenoxy) is 4. The van der Waals surface area contributed by atoms with Crippen LogP contribution in [0.3, 0.4) is 0 Å². The van der Waals surface area contributed by atoms with Crippen LogP contribution in [0.5, 0.6) is 23.1 Å². The highest BCUT2D eigenvalue weighted by atomic mass is 32.1. The summed E-state index contributed by atoms with van der Waals surface area (Å²) in [6.07, 6.45) is 1.44. The van der Waals surface area contributed by atoms with Gasteiger partial charge in [0.2, 0.25) is 5.88 Å². The molecule has 0 atom stereocenters. The van der Waals surface area contributed by atoms with E-state index in [0.29, 0.717) is 65.9 Å². The summed E-state index contributed by atoms with van der Waals surface area (Å²) < 4.78 is 22.7. The maximum absolute atomic E-state index is 12.8. The molecule has 1 fully saturated rings. The number of anilines is 2. The van der Waals surface area contributed by atoms with Crippen LogP contribution in [0, 0.1) is 6.92 Å². The molecule has 1 aliphatic heterocycles. The molecule has 2 heterocycles. The number of nitrogens with one attached hydrogen (secondary N) is 2. The number of hydrogen-bond acceptors (Lipinski definition) is 9. The fourth-order valence-electron chi connectivity index (χ4n) is 4.45. The third-order valence-electron chi connectivity index (χ3n) is 6.50. The zero-order chi connectivity index (χ0) is 28.1. The molecule has 0 saturated carbocycles. The summed E-state index contributed by atoms with van der Waals surface area (Å²) in [5, 5.41) is 6.83. The Hall–Kier alpha value is -4.48. The summed E-state index contributed by atoms with van der Waals surface area (Å²) in [6.45, 7) is 4.45. The van der Waals surface area contributed by atoms with Crippen LogP contribution in [-0.4, -0.2) is 61.5 Å². The summed E-state index contributed by atoms with van der Waals surface area (Å²) in [6, 6.07) is 16.5. The predicted molar refractivity (Wildman–Crippen MR) is 157 cm³/mol. The Kier molecular flexibility index (Phi) is 8.23. The second-order valence-corrected chi connectivity index (χ2v) is 9.42. The molecule has 1 aliphatic rings. The molecule has 0 radical (unpaired) electrons. The lowest BCUT2D eigenvalue weighted by Crippen LogP contribution is -2.38. The number of thiocarbonyl (C=S) groups is 1. The van der Waals surface area contributed by atoms with Gasteiger partial charge >= 0.3 is 0 Å². The number of carbonyl (C=O) groups is 1. The van der Waals surface area contributed by atoms with E-state index in [1.165, 1.54) is 6.33 Å². The number of carbonyl (C=O) groups excluding carboxylic acids is 1. The Labute approximate surface area is 237 Å². The Balaban J connectivity index is 1.42. The van der Waals surface area contributed by atoms with Crippen molar-refractivity contribution in [3.63, 3.8) is 0 Å². The maximum atomic E-state index is 12.8. The minimum atomic E-state index is -0.272. The SMILES string of the molecule is COc1cc2ncnc(Oc3ccc(NC(=S)NC(=O)c4ccccc4C)c(N4CCOCC4)c3)c2cc1OC. The van der Waals surface area contributed by atoms with Gasteiger partial charge in [-0.3, -0.25) is 10.1 Å². The molecule has 2 N–H and O–H groups in total. The summed E-state index contributed by atoms with van der Waals surface area (Å²) in [4.78, 5) is 23.7. The zero-order valence-corrected chi connectivity index (χ0v) is 23.2. The third kappa shape index (κ3) is 5.90. The van der Waals surface area contributed by atoms with Gasteiger partial charge in [-0.1, -0.05) is 18.2 Å². The molecular weight excluding hydrogens is 530 g/mol. The molecule has 10 nitrogen and oxygen atoms in total. The Morgan fingerprint density at radius 1 is 1.00 bits per heavy atom. The van der Waals surface area contributed by atoms with E-state index in [4.69, 9.17) is 31.2 Å². The standard InChI is InChI=1S/C29H29N5O5S/c1-18-6-4-5-7-20(18)27(35)33-29(40)32-22-9-8-19(14-24(22)34-10-12-38-13-11-34)39-28-21-15-25(36-2)26(37-3)16-23(21)30-17-31-28/h4-9,14-17H,10-13H2,1-3H3,(H2,32,33,35,40). The topological polar surface area (TPSA) is 107 Å². The van der Waals surface area contributed by atoms with Crippen LogP contribution in [0.2, 0.25) is 0 Å². The molecule has 4 aromatic rings. The van der Waals surface area contributed by atoms with E-state index >= 15 is 0 Å². The van der Waals surface area contributed by atoms with Crippen LogP contribution in [0.25, 0.3) is 10.9 Å². The molecule has 5 rings (SSSR count). The minimum Gasteiger partial charge on any atom is -0.493 e. The lowest BCUT2D eigenvalue weighted by molar-refractivity contribution is 0.0977. The number of rotatable bonds is 7. The summed E-state index contributed by atoms with van der Waals surface area (Å²) in [5.74, 6) is 1.78. The van der Waals surface area contributed by atoms with Crippen molar-refractivity contribution in [2.24, 2.45) is 0 Å². The Morgan fingerprint density at radius 3 is 2.50 bits per heavy atom. The monoisotopic (exact) mass is 559 g/mol. The number of fused-ring (bicyclic) bond motifs is 1. The van der Waals surface area contributed by atoms with Gasteiger partial charge in [0.1, 0.15) is 12.1 Å². The van der Waals surface area contributed by atoms with E-state index in [9.17, 15) is 4.79 Å². The van der Waals surface area contributed by atoms with Gasteiger partial charge in [-0.15, -0.1) is 0 Å². The first kappa shape index (κ1) is 27.1. The van der Waals surface area contributed by atoms with Crippen LogP contribution in [0.1, 0.15) is 15.9 Å². The number of amides is 1. The van der Waals surface area contributed by atoms with Gasteiger partial charge in [0.05, 0.1) is 49.7 Å². The molecule has 0 bridgehead atoms. The van der Waals surface area contributed by atoms with Gasteiger partial charge < -0.3 is 29.2 Å². The number of aryl methyl sites for hydroxylation is 1. The van der Waals surface area contributed by atoms with Gasteiger partial charge in [-0.25, -0.2) is 9.97 Å². The highest BCUT2D eigenvalue weighted by molar-refractivity contribution is 7.80. The van der Waals surface area contributed by atoms with Crippen LogP contribution in [0.4, 0.5) is 11.4 Å². The molecule has 1 amide bonds. The molecule has 0 aliphatic carbocycles. The normalized spacial score (nSPS) is 13.0. The molecule has 11 heteroatoms. The Morgan fingerprint density at radius 2 is 1.75 bits per heavy atom. The van der Waals surface area contributed by atoms with Crippen molar-refractivity contribution >= 4 is 45.5 Å². The van der Waals surface area contributed by atoms with Crippen LogP contribution in [-0.2, 0) is 4.74 Å². The van der Waals surface area contributed by atoms with E-state index in [1.54, 1.807) is 32.4 Å². The number of nitrogens with zero attached hydrogens (tertiary/aromatic N) is 3. The van der Waals surface area contributed by atoms with E-state index in [1.807, 2.05) is 43.3 Å². The predicted octanol–water partition coefficient (Wildman–Crippen LogP) is 4.71. The van der Waals surface area contributed by atoms with Crippen molar-refractivity contribution in [3.8, 4) is 23.1 Å². The average Bonchev–Trinajstić information content (AvgIpc) is 2.98. The van der Waals surface area contributed by atoms with Crippen molar-refractivity contribution in [1.82, 2.24) is 15.3 Å². The number of methoxy groups -OCH3 is 2. The molecule has 40 heavy (non-hydrogen) atoms. The van der Waals surface area contributed by atoms with Crippen LogP contribution < -0.4 is 29.7 Å². The van der Waals surface area contributed by atoms with E-state index in [-0.39, 0.29) is 11.0 Å². The summed E-state index contributed by atoms with van der Waals surface area (Å²) >= 11 is 5.49. The summed E-state index contributed by atoms with van der Waals surface area (Å²) in [5.41, 5.74) is 3.67. The lowest BCUT2D eigenvalue weighted by atomic mass is 10.1. The minimum absolute atomic E-state index is 0.194. The van der Waals surface area contributed by atoms with E-state index in [0.717, 1.165) is 16.9 Å². The fourth-order valence-corrected chi connectivity index (χ4v) is 4.65. The second kappa shape index (κ2) is 12.1. The molecule has 3 aromatic carbocycles. The van der Waals surface area contributed by atoms with Crippen molar-refractivity contribution in [2.45, 2.75) is 6.92 Å². The Bertz CT molecular complexity index is 1560. The van der Waals surface area contributed by atoms with Crippen LogP contribution in [0.15, 0.2) is 60.9 Å². The van der Waals surface area contributed by atoms with Gasteiger partial charge in [-0.2, -0.15) is 0 Å². The van der Waals surface area contributed by atoms with Crippen molar-refractivity contribution in [3.05, 3.63) is 72.1 Å². The smallest absolute Gasteiger partial charge is 0.257 e. The van der Waals surface area contributed by atoms with Gasteiger partial charge in [0.15, 0.2) is 16.6 Å². The van der Waals surface area contributed by atoms with Gasteiger partial charge in [0, 0.05) is 30.8 Å². The van der Waals surface area contributed by atoms with E-state index in [2.05, 4.69) is 25.5 Å². The quantitative estimate of drug-likeness (QED) is 0.309. The number of aromatic nitrogens is 2. The van der Waals surface area contributed by atoms with Gasteiger partial charge in [-0.05, 0) is 49.0 Å². The van der Waals surface area contributed by atoms with Gasteiger partial charge in [0.25, 0.3) is 5.91 Å². The van der Waals surface area contributed by atoms with Crippen molar-refractivity contribution in [1.29, 1.82) is 0 Å². The maximum Gasteiger partial charge on any atom is 0.257 e. The second-order valence-electron chi connectivity index (χ2n) is 9.01. The number of hydrogen-bond donors (Lipinski definition) is 2. The fraction of sp³-hybridized carbons (Fsp3) is 0.241. The first-order valence-corrected chi connectivity index (χ1v) is 13.1. The molecule has 0 unspecified atom stereocenters. The lowest BCUT2D eigenvalue weighted by Gasteiger charge is -2.31. The highest BCUT2D eigenvalue weighted by Gasteiger charge is 2.19. The molecule has 1 aromatic heterocycles. The molecule has 0 spiro atoms. The van der Waals surface area contributed by atoms with Crippen molar-refractivity contribution in [2.75, 3.05) is 50.7 Å². The summed E-state index contributed by atoms with van der Waals surface area (Å²) in [7, 11) is 3.15. The highest BCUT2D eigenvalue weighted by Crippen LogP contribution is 2.37. The van der Waals surface area contributed by atoms with Crippen LogP contribution >= 0.6 is 12.2 Å². The number of morpholine rings is 1. The molecule has 206 valence electrons. The molecule has 1 saturated heterocycles. The first-order valence-electron chi connectivity index (χ1n) is 12.7. The first-order chi connectivity index (χ1) is 19.5. The molecular formula is C29H29N5O5S. The van der Waals surface area contributed by atoms with E-state index < -0.39 is 0 Å². The third-order valence-corrected chi connectivity index (χ3v) is 6.71. The largest absolute Gasteiger partial charge is 0.493 e. The number of benzene rings is 3. The van der Waals surface area contributed by atoms with Crippen molar-refractivity contribution < 1.29 is 23.7 Å². The average molecular weight is 560 g/mol. The zero-order valence-electron chi connectivity index (χ0n) is 22.4.